The molecule has 0 fully saturated rings. The number of pyridine rings is 1. The molecule has 25 heavy (non-hydrogen) atoms. The van der Waals surface area contributed by atoms with Gasteiger partial charge in [0.1, 0.15) is 11.6 Å². The summed E-state index contributed by atoms with van der Waals surface area (Å²) in [6.07, 6.45) is 1.08. The maximum absolute atomic E-state index is 14.1. The van der Waals surface area contributed by atoms with Crippen molar-refractivity contribution in [2.75, 3.05) is 11.4 Å². The molecule has 0 bridgehead atoms. The molecule has 128 valence electrons. The lowest BCUT2D eigenvalue weighted by atomic mass is 9.99. The summed E-state index contributed by atoms with van der Waals surface area (Å²) < 4.78 is 33.0. The Morgan fingerprint density at radius 1 is 1.24 bits per heavy atom. The number of hydrogen-bond acceptors (Lipinski definition) is 4. The van der Waals surface area contributed by atoms with Crippen LogP contribution in [0, 0.1) is 25.5 Å². The van der Waals surface area contributed by atoms with Crippen LogP contribution in [0.5, 0.6) is 0 Å². The summed E-state index contributed by atoms with van der Waals surface area (Å²) in [5.41, 5.74) is 2.46. The molecule has 1 amide bonds. The smallest absolute Gasteiger partial charge is 0.259 e. The molecule has 0 atom stereocenters. The summed E-state index contributed by atoms with van der Waals surface area (Å²) in [6, 6.07) is 3.71. The molecule has 1 aliphatic heterocycles. The molecular formula is C18H15F2N3O2. The minimum Gasteiger partial charge on any atom is -0.336 e. The first-order valence-electron chi connectivity index (χ1n) is 7.99. The molecule has 0 N–H and O–H groups in total. The van der Waals surface area contributed by atoms with Crippen molar-refractivity contribution in [2.24, 2.45) is 0 Å². The summed E-state index contributed by atoms with van der Waals surface area (Å²) in [4.78, 5) is 18.8. The van der Waals surface area contributed by atoms with Crippen molar-refractivity contribution < 1.29 is 18.1 Å². The average Bonchev–Trinajstić information content (AvgIpc) is 2.94. The molecule has 4 rings (SSSR count). The van der Waals surface area contributed by atoms with Gasteiger partial charge in [-0.05, 0) is 38.8 Å². The Bertz CT molecular complexity index is 1010. The largest absolute Gasteiger partial charge is 0.336 e. The van der Waals surface area contributed by atoms with E-state index in [1.165, 1.54) is 11.0 Å². The van der Waals surface area contributed by atoms with Crippen LogP contribution in [-0.2, 0) is 6.42 Å². The third kappa shape index (κ3) is 2.47. The zero-order valence-electron chi connectivity index (χ0n) is 13.8. The van der Waals surface area contributed by atoms with Gasteiger partial charge in [-0.3, -0.25) is 4.79 Å². The van der Waals surface area contributed by atoms with Crippen LogP contribution in [-0.4, -0.2) is 22.6 Å². The van der Waals surface area contributed by atoms with Crippen LogP contribution in [0.25, 0.3) is 11.1 Å². The van der Waals surface area contributed by atoms with Gasteiger partial charge >= 0.3 is 0 Å². The van der Waals surface area contributed by atoms with Gasteiger partial charge in [0.2, 0.25) is 0 Å². The zero-order valence-corrected chi connectivity index (χ0v) is 13.8. The van der Waals surface area contributed by atoms with Gasteiger partial charge in [-0.15, -0.1) is 0 Å². The van der Waals surface area contributed by atoms with E-state index >= 15 is 0 Å². The Kier molecular flexibility index (Phi) is 3.52. The number of aryl methyl sites for hydroxylation is 2. The SMILES string of the molecule is Cc1cc(C(=O)N2CCCc3c(F)cc(F)cc32)c2c(C)noc2n1. The van der Waals surface area contributed by atoms with E-state index in [4.69, 9.17) is 4.52 Å². The first-order valence-corrected chi connectivity index (χ1v) is 7.99. The van der Waals surface area contributed by atoms with Crippen LogP contribution >= 0.6 is 0 Å². The second-order valence-electron chi connectivity index (χ2n) is 6.20. The first-order chi connectivity index (χ1) is 12.0. The topological polar surface area (TPSA) is 59.2 Å². The van der Waals surface area contributed by atoms with Crippen molar-refractivity contribution in [1.82, 2.24) is 10.1 Å². The monoisotopic (exact) mass is 343 g/mol. The van der Waals surface area contributed by atoms with E-state index in [-0.39, 0.29) is 17.3 Å². The number of fused-ring (bicyclic) bond motifs is 2. The van der Waals surface area contributed by atoms with Crippen LogP contribution in [0.4, 0.5) is 14.5 Å². The van der Waals surface area contributed by atoms with Crippen LogP contribution in [0.3, 0.4) is 0 Å². The number of carbonyl (C=O) groups excluding carboxylic acids is 1. The first kappa shape index (κ1) is 15.7. The molecule has 0 unspecified atom stereocenters. The highest BCUT2D eigenvalue weighted by molar-refractivity contribution is 6.14. The average molecular weight is 343 g/mol. The number of halogens is 2. The molecule has 0 spiro atoms. The lowest BCUT2D eigenvalue weighted by Crippen LogP contribution is -2.36. The maximum atomic E-state index is 14.1. The summed E-state index contributed by atoms with van der Waals surface area (Å²) in [7, 11) is 0. The van der Waals surface area contributed by atoms with E-state index in [0.717, 1.165) is 6.07 Å². The van der Waals surface area contributed by atoms with E-state index in [9.17, 15) is 13.6 Å². The Morgan fingerprint density at radius 2 is 2.04 bits per heavy atom. The second-order valence-corrected chi connectivity index (χ2v) is 6.20. The summed E-state index contributed by atoms with van der Waals surface area (Å²) in [6.45, 7) is 3.86. The normalized spacial score (nSPS) is 14.0. The highest BCUT2D eigenvalue weighted by atomic mass is 19.1. The number of benzene rings is 1. The highest BCUT2D eigenvalue weighted by Gasteiger charge is 2.29. The number of anilines is 1. The third-order valence-corrected chi connectivity index (χ3v) is 4.46. The van der Waals surface area contributed by atoms with E-state index in [1.807, 2.05) is 0 Å². The third-order valence-electron chi connectivity index (χ3n) is 4.46. The molecule has 2 aromatic heterocycles. The molecule has 5 nitrogen and oxygen atoms in total. The molecular weight excluding hydrogens is 328 g/mol. The van der Waals surface area contributed by atoms with Crippen LogP contribution in [0.15, 0.2) is 22.7 Å². The predicted octanol–water partition coefficient (Wildman–Crippen LogP) is 3.71. The number of nitrogens with zero attached hydrogens (tertiary/aromatic N) is 3. The number of aromatic nitrogens is 2. The van der Waals surface area contributed by atoms with Crippen molar-refractivity contribution in [1.29, 1.82) is 0 Å². The fourth-order valence-electron chi connectivity index (χ4n) is 3.36. The van der Waals surface area contributed by atoms with E-state index in [2.05, 4.69) is 10.1 Å². The van der Waals surface area contributed by atoms with Gasteiger partial charge in [-0.2, -0.15) is 0 Å². The summed E-state index contributed by atoms with van der Waals surface area (Å²) in [5.74, 6) is -1.66. The molecule has 7 heteroatoms. The molecule has 0 saturated heterocycles. The zero-order chi connectivity index (χ0) is 17.7. The molecule has 3 aromatic rings. The Labute approximate surface area is 142 Å². The number of hydrogen-bond donors (Lipinski definition) is 0. The van der Waals surface area contributed by atoms with Crippen molar-refractivity contribution in [3.05, 3.63) is 52.3 Å². The van der Waals surface area contributed by atoms with E-state index in [0.29, 0.717) is 47.3 Å². The van der Waals surface area contributed by atoms with Gasteiger partial charge in [0.25, 0.3) is 11.6 Å². The minimum absolute atomic E-state index is 0.281. The quantitative estimate of drug-likeness (QED) is 0.676. The minimum atomic E-state index is -0.701. The Balaban J connectivity index is 1.88. The van der Waals surface area contributed by atoms with Gasteiger partial charge in [0.15, 0.2) is 0 Å². The molecule has 1 aromatic carbocycles. The number of carbonyl (C=O) groups is 1. The van der Waals surface area contributed by atoms with Crippen molar-refractivity contribution in [3.63, 3.8) is 0 Å². The van der Waals surface area contributed by atoms with Gasteiger partial charge in [0, 0.05) is 23.9 Å². The van der Waals surface area contributed by atoms with Crippen molar-refractivity contribution >= 4 is 22.7 Å². The highest BCUT2D eigenvalue weighted by Crippen LogP contribution is 2.33. The van der Waals surface area contributed by atoms with Crippen LogP contribution in [0.1, 0.15) is 33.7 Å². The van der Waals surface area contributed by atoms with Crippen LogP contribution < -0.4 is 4.90 Å². The molecule has 0 radical (unpaired) electrons. The van der Waals surface area contributed by atoms with Crippen molar-refractivity contribution in [3.8, 4) is 0 Å². The summed E-state index contributed by atoms with van der Waals surface area (Å²) in [5, 5.41) is 4.40. The lowest BCUT2D eigenvalue weighted by Gasteiger charge is -2.30. The second kappa shape index (κ2) is 5.61. The van der Waals surface area contributed by atoms with Crippen molar-refractivity contribution in [2.45, 2.75) is 26.7 Å². The van der Waals surface area contributed by atoms with E-state index in [1.54, 1.807) is 19.9 Å². The lowest BCUT2D eigenvalue weighted by molar-refractivity contribution is 0.0986. The Hall–Kier alpha value is -2.83. The Morgan fingerprint density at radius 3 is 2.84 bits per heavy atom. The predicted molar refractivity (Wildman–Crippen MR) is 87.6 cm³/mol. The van der Waals surface area contributed by atoms with Gasteiger partial charge in [-0.1, -0.05) is 5.16 Å². The number of rotatable bonds is 1. The molecule has 0 saturated carbocycles. The maximum Gasteiger partial charge on any atom is 0.259 e. The fraction of sp³-hybridized carbons (Fsp3) is 0.278. The van der Waals surface area contributed by atoms with E-state index < -0.39 is 11.6 Å². The summed E-state index contributed by atoms with van der Waals surface area (Å²) >= 11 is 0. The van der Waals surface area contributed by atoms with Gasteiger partial charge < -0.3 is 9.42 Å². The molecule has 3 heterocycles. The number of amides is 1. The van der Waals surface area contributed by atoms with Gasteiger partial charge in [-0.25, -0.2) is 13.8 Å². The van der Waals surface area contributed by atoms with Gasteiger partial charge in [0.05, 0.1) is 22.3 Å². The van der Waals surface area contributed by atoms with Crippen LogP contribution in [0.2, 0.25) is 0 Å². The fourth-order valence-corrected chi connectivity index (χ4v) is 3.36. The standard InChI is InChI=1S/C18H15F2N3O2/c1-9-6-13(16-10(2)22-25-17(16)21-9)18(24)23-5-3-4-12-14(20)7-11(19)8-15(12)23/h6-8H,3-5H2,1-2H3. The molecule has 1 aliphatic rings. The molecule has 0 aliphatic carbocycles.